The molecule has 0 radical (unpaired) electrons. The average molecular weight is 322 g/mol. The first kappa shape index (κ1) is 19.2. The van der Waals surface area contributed by atoms with E-state index in [-0.39, 0.29) is 23.9 Å². The maximum absolute atomic E-state index is 11.8. The summed E-state index contributed by atoms with van der Waals surface area (Å²) in [6.45, 7) is 6.76. The highest BCUT2D eigenvalue weighted by atomic mass is 35.5. The van der Waals surface area contributed by atoms with Gasteiger partial charge in [0.1, 0.15) is 5.82 Å². The maximum atomic E-state index is 11.8. The van der Waals surface area contributed by atoms with Crippen LogP contribution in [0.2, 0.25) is 0 Å². The van der Waals surface area contributed by atoms with Gasteiger partial charge < -0.3 is 15.2 Å². The van der Waals surface area contributed by atoms with Crippen molar-refractivity contribution in [3.8, 4) is 0 Å². The van der Waals surface area contributed by atoms with Crippen LogP contribution >= 0.6 is 24.2 Å². The second kappa shape index (κ2) is 8.49. The Labute approximate surface area is 130 Å². The Morgan fingerprint density at radius 1 is 1.40 bits per heavy atom. The Morgan fingerprint density at radius 3 is 2.60 bits per heavy atom. The number of rotatable bonds is 7. The monoisotopic (exact) mass is 321 g/mol. The molecular weight excluding hydrogens is 298 g/mol. The normalized spacial score (nSPS) is 11.1. The molecule has 0 aliphatic heterocycles. The van der Waals surface area contributed by atoms with Gasteiger partial charge in [0.25, 0.3) is 0 Å². The molecule has 2 N–H and O–H groups in total. The molecule has 1 amide bonds. The molecule has 1 heterocycles. The fourth-order valence-electron chi connectivity index (χ4n) is 1.41. The lowest BCUT2D eigenvalue weighted by molar-refractivity contribution is -0.120. The third-order valence-corrected chi connectivity index (χ3v) is 3.97. The van der Waals surface area contributed by atoms with Crippen molar-refractivity contribution in [2.45, 2.75) is 44.4 Å². The topological polar surface area (TPSA) is 71.8 Å². The Balaban J connectivity index is 0.00000361. The van der Waals surface area contributed by atoms with Gasteiger partial charge in [0.2, 0.25) is 5.91 Å². The molecule has 20 heavy (non-hydrogen) atoms. The van der Waals surface area contributed by atoms with Crippen LogP contribution in [0.4, 0.5) is 0 Å². The van der Waals surface area contributed by atoms with Crippen molar-refractivity contribution in [1.29, 1.82) is 0 Å². The Hall–Kier alpha value is -0.790. The molecule has 0 aliphatic carbocycles. The molecule has 1 rings (SSSR count). The zero-order chi connectivity index (χ0) is 14.5. The minimum absolute atomic E-state index is 0. The summed E-state index contributed by atoms with van der Waals surface area (Å²) in [7, 11) is 3.77. The number of carbonyl (C=O) groups excluding carboxylic acids is 1. The Bertz CT molecular complexity index is 435. The van der Waals surface area contributed by atoms with Gasteiger partial charge in [0.15, 0.2) is 5.16 Å². The predicted octanol–water partition coefficient (Wildman–Crippen LogP) is 1.35. The van der Waals surface area contributed by atoms with Gasteiger partial charge in [-0.3, -0.25) is 4.79 Å². The van der Waals surface area contributed by atoms with E-state index in [1.54, 1.807) is 0 Å². The summed E-state index contributed by atoms with van der Waals surface area (Å²) in [5, 5.41) is 14.9. The number of aromatic nitrogens is 3. The number of nitrogens with one attached hydrogen (secondary N) is 2. The zero-order valence-electron chi connectivity index (χ0n) is 12.7. The molecule has 1 aromatic heterocycles. The zero-order valence-corrected chi connectivity index (χ0v) is 14.3. The molecule has 0 spiro atoms. The van der Waals surface area contributed by atoms with E-state index in [1.807, 2.05) is 32.5 Å². The summed E-state index contributed by atoms with van der Waals surface area (Å²) in [4.78, 5) is 11.8. The van der Waals surface area contributed by atoms with E-state index >= 15 is 0 Å². The lowest BCUT2D eigenvalue weighted by atomic mass is 10.0. The fourth-order valence-corrected chi connectivity index (χ4v) is 2.14. The summed E-state index contributed by atoms with van der Waals surface area (Å²) in [6, 6.07) is 0. The van der Waals surface area contributed by atoms with Crippen LogP contribution in [0.5, 0.6) is 0 Å². The number of hydrogen-bond donors (Lipinski definition) is 2. The highest BCUT2D eigenvalue weighted by Crippen LogP contribution is 2.16. The van der Waals surface area contributed by atoms with Crippen LogP contribution in [-0.4, -0.2) is 39.0 Å². The number of hydrogen-bond acceptors (Lipinski definition) is 5. The van der Waals surface area contributed by atoms with Crippen LogP contribution in [0.3, 0.4) is 0 Å². The van der Waals surface area contributed by atoms with E-state index in [0.717, 1.165) is 17.4 Å². The molecule has 116 valence electrons. The first-order chi connectivity index (χ1) is 8.89. The smallest absolute Gasteiger partial charge is 0.230 e. The third kappa shape index (κ3) is 5.68. The van der Waals surface area contributed by atoms with Crippen molar-refractivity contribution in [2.24, 2.45) is 7.05 Å². The van der Waals surface area contributed by atoms with E-state index in [2.05, 4.69) is 27.8 Å². The Morgan fingerprint density at radius 2 is 2.05 bits per heavy atom. The van der Waals surface area contributed by atoms with E-state index in [9.17, 15) is 4.79 Å². The van der Waals surface area contributed by atoms with E-state index < -0.39 is 0 Å². The molecule has 0 aliphatic rings. The van der Waals surface area contributed by atoms with Crippen LogP contribution in [0.1, 0.15) is 33.0 Å². The molecule has 0 saturated carbocycles. The number of nitrogens with zero attached hydrogens (tertiary/aromatic N) is 3. The summed E-state index contributed by atoms with van der Waals surface area (Å²) < 4.78 is 1.90. The standard InChI is InChI=1S/C12H23N5OS.ClH/c1-6-12(2,3)14-10(18)8-19-11-16-15-9(7-13-4)17(11)5;/h13H,6-8H2,1-5H3,(H,14,18);1H. The van der Waals surface area contributed by atoms with Crippen molar-refractivity contribution >= 4 is 30.1 Å². The molecule has 0 bridgehead atoms. The summed E-state index contributed by atoms with van der Waals surface area (Å²) in [5.74, 6) is 1.24. The van der Waals surface area contributed by atoms with Crippen LogP contribution in [0.25, 0.3) is 0 Å². The van der Waals surface area contributed by atoms with Gasteiger partial charge in [-0.1, -0.05) is 18.7 Å². The van der Waals surface area contributed by atoms with Gasteiger partial charge in [0, 0.05) is 12.6 Å². The number of halogens is 1. The molecule has 0 aromatic carbocycles. The van der Waals surface area contributed by atoms with Crippen LogP contribution in [-0.2, 0) is 18.4 Å². The van der Waals surface area contributed by atoms with Crippen LogP contribution in [0, 0.1) is 0 Å². The van der Waals surface area contributed by atoms with Crippen LogP contribution < -0.4 is 10.6 Å². The second-order valence-electron chi connectivity index (χ2n) is 5.06. The summed E-state index contributed by atoms with van der Waals surface area (Å²) >= 11 is 1.40. The molecule has 8 heteroatoms. The van der Waals surface area contributed by atoms with Gasteiger partial charge in [0.05, 0.1) is 12.3 Å². The third-order valence-electron chi connectivity index (χ3n) is 2.95. The Kier molecular flexibility index (Phi) is 8.15. The molecule has 0 saturated heterocycles. The number of amides is 1. The largest absolute Gasteiger partial charge is 0.351 e. The second-order valence-corrected chi connectivity index (χ2v) is 6.00. The lowest BCUT2D eigenvalue weighted by Gasteiger charge is -2.24. The van der Waals surface area contributed by atoms with E-state index in [0.29, 0.717) is 12.3 Å². The van der Waals surface area contributed by atoms with Gasteiger partial charge in [-0.05, 0) is 27.3 Å². The maximum Gasteiger partial charge on any atom is 0.230 e. The van der Waals surface area contributed by atoms with Crippen molar-refractivity contribution in [2.75, 3.05) is 12.8 Å². The van der Waals surface area contributed by atoms with Gasteiger partial charge in [-0.15, -0.1) is 22.6 Å². The average Bonchev–Trinajstić information content (AvgIpc) is 2.69. The molecule has 0 fully saturated rings. The SMILES string of the molecule is CCC(C)(C)NC(=O)CSc1nnc(CNC)n1C.Cl. The first-order valence-electron chi connectivity index (χ1n) is 6.36. The fraction of sp³-hybridized carbons (Fsp3) is 0.750. The molecule has 0 atom stereocenters. The molecule has 1 aromatic rings. The number of thioether (sulfide) groups is 1. The highest BCUT2D eigenvalue weighted by molar-refractivity contribution is 7.99. The minimum atomic E-state index is -0.158. The molecule has 6 nitrogen and oxygen atoms in total. The lowest BCUT2D eigenvalue weighted by Crippen LogP contribution is -2.43. The highest BCUT2D eigenvalue weighted by Gasteiger charge is 2.18. The van der Waals surface area contributed by atoms with Crippen molar-refractivity contribution in [3.63, 3.8) is 0 Å². The van der Waals surface area contributed by atoms with Gasteiger partial charge in [-0.2, -0.15) is 0 Å². The van der Waals surface area contributed by atoms with Gasteiger partial charge in [-0.25, -0.2) is 0 Å². The van der Waals surface area contributed by atoms with E-state index in [1.165, 1.54) is 11.8 Å². The molecule has 0 unspecified atom stereocenters. The van der Waals surface area contributed by atoms with Gasteiger partial charge >= 0.3 is 0 Å². The first-order valence-corrected chi connectivity index (χ1v) is 7.35. The molecular formula is C12H24ClN5OS. The summed E-state index contributed by atoms with van der Waals surface area (Å²) in [5.41, 5.74) is -0.158. The van der Waals surface area contributed by atoms with Crippen LogP contribution in [0.15, 0.2) is 5.16 Å². The van der Waals surface area contributed by atoms with Crippen molar-refractivity contribution in [3.05, 3.63) is 5.82 Å². The predicted molar refractivity (Wildman–Crippen MR) is 84.3 cm³/mol. The quantitative estimate of drug-likeness (QED) is 0.742. The number of carbonyl (C=O) groups is 1. The minimum Gasteiger partial charge on any atom is -0.351 e. The van der Waals surface area contributed by atoms with Crippen molar-refractivity contribution in [1.82, 2.24) is 25.4 Å². The van der Waals surface area contributed by atoms with E-state index in [4.69, 9.17) is 0 Å². The summed E-state index contributed by atoms with van der Waals surface area (Å²) in [6.07, 6.45) is 0.902. The van der Waals surface area contributed by atoms with Crippen molar-refractivity contribution < 1.29 is 4.79 Å².